The smallest absolute Gasteiger partial charge is 0.303 e. The van der Waals surface area contributed by atoms with Crippen LogP contribution < -0.4 is 0 Å². The average Bonchev–Trinajstić information content (AvgIpc) is 2.46. The number of carboxylic acids is 1. The molecule has 0 unspecified atom stereocenters. The Bertz CT molecular complexity index is 527. The topological polar surface area (TPSA) is 37.3 Å². The van der Waals surface area contributed by atoms with Crippen molar-refractivity contribution in [2.75, 3.05) is 0 Å². The molecule has 0 aliphatic heterocycles. The molecule has 0 heterocycles. The highest BCUT2D eigenvalue weighted by Crippen LogP contribution is 1.93. The van der Waals surface area contributed by atoms with Crippen LogP contribution in [0.1, 0.15) is 64.7 Å². The van der Waals surface area contributed by atoms with E-state index in [1.165, 1.54) is 6.42 Å². The minimum Gasteiger partial charge on any atom is -0.481 e. The summed E-state index contributed by atoms with van der Waals surface area (Å²) in [5, 5.41) is 8.44. The maximum atomic E-state index is 10.3. The van der Waals surface area contributed by atoms with Crippen LogP contribution in [0.4, 0.5) is 0 Å². The zero-order valence-electron chi connectivity index (χ0n) is 12.7. The molecule has 1 N–H and O–H groups in total. The van der Waals surface area contributed by atoms with Crippen molar-refractivity contribution in [1.82, 2.24) is 0 Å². The van der Waals surface area contributed by atoms with Crippen molar-refractivity contribution >= 4 is 5.97 Å². The second kappa shape index (κ2) is 15.8. The maximum Gasteiger partial charge on any atom is 0.303 e. The molecule has 0 rings (SSSR count). The molecule has 2 nitrogen and oxygen atoms in total. The molecular formula is C19H22O2. The summed E-state index contributed by atoms with van der Waals surface area (Å²) in [6, 6.07) is 0. The highest BCUT2D eigenvalue weighted by atomic mass is 16.4. The van der Waals surface area contributed by atoms with Gasteiger partial charge in [-0.1, -0.05) is 48.9 Å². The van der Waals surface area contributed by atoms with E-state index < -0.39 is 5.97 Å². The van der Waals surface area contributed by atoms with Crippen LogP contribution in [0.5, 0.6) is 0 Å². The van der Waals surface area contributed by atoms with Gasteiger partial charge in [0.2, 0.25) is 0 Å². The predicted octanol–water partition coefficient (Wildman–Crippen LogP) is 3.62. The lowest BCUT2D eigenvalue weighted by Crippen LogP contribution is -1.92. The van der Waals surface area contributed by atoms with Gasteiger partial charge in [-0.15, -0.1) is 11.8 Å². The molecule has 0 spiro atoms. The molecule has 0 aliphatic rings. The maximum absolute atomic E-state index is 10.3. The number of rotatable bonds is 5. The van der Waals surface area contributed by atoms with E-state index in [1.54, 1.807) is 0 Å². The first-order chi connectivity index (χ1) is 10.3. The molecule has 0 atom stereocenters. The van der Waals surface area contributed by atoms with E-state index >= 15 is 0 Å². The van der Waals surface area contributed by atoms with E-state index in [4.69, 9.17) is 5.11 Å². The van der Waals surface area contributed by atoms with E-state index in [1.807, 2.05) is 0 Å². The Hall–Kier alpha value is -2.29. The van der Waals surface area contributed by atoms with E-state index in [0.29, 0.717) is 32.1 Å². The summed E-state index contributed by atoms with van der Waals surface area (Å²) in [4.78, 5) is 10.3. The fourth-order valence-electron chi connectivity index (χ4n) is 1.28. The predicted molar refractivity (Wildman–Crippen MR) is 86.0 cm³/mol. The summed E-state index contributed by atoms with van der Waals surface area (Å²) in [5.41, 5.74) is 0. The van der Waals surface area contributed by atoms with E-state index in [2.05, 4.69) is 54.3 Å². The molecule has 21 heavy (non-hydrogen) atoms. The van der Waals surface area contributed by atoms with Gasteiger partial charge in [-0.05, 0) is 12.8 Å². The quantitative estimate of drug-likeness (QED) is 0.618. The summed E-state index contributed by atoms with van der Waals surface area (Å²) in [6.45, 7) is 2.15. The second-order valence-electron chi connectivity index (χ2n) is 4.30. The molecular weight excluding hydrogens is 260 g/mol. The van der Waals surface area contributed by atoms with Gasteiger partial charge in [-0.25, -0.2) is 0 Å². The number of unbranched alkanes of at least 4 members (excludes halogenated alkanes) is 3. The third-order valence-corrected chi connectivity index (χ3v) is 2.38. The van der Waals surface area contributed by atoms with Gasteiger partial charge in [0.1, 0.15) is 0 Å². The first kappa shape index (κ1) is 18.7. The fourth-order valence-corrected chi connectivity index (χ4v) is 1.28. The minimum atomic E-state index is -0.773. The summed E-state index contributed by atoms with van der Waals surface area (Å²) in [6.07, 6.45) is 6.38. The normalized spacial score (nSPS) is 7.86. The van der Waals surface area contributed by atoms with E-state index in [9.17, 15) is 4.79 Å². The Labute approximate surface area is 128 Å². The van der Waals surface area contributed by atoms with Crippen molar-refractivity contribution in [2.24, 2.45) is 0 Å². The van der Waals surface area contributed by atoms with Gasteiger partial charge in [0.15, 0.2) is 0 Å². The van der Waals surface area contributed by atoms with Crippen LogP contribution in [0.15, 0.2) is 0 Å². The number of hydrogen-bond donors (Lipinski definition) is 1. The highest BCUT2D eigenvalue weighted by molar-refractivity contribution is 5.66. The summed E-state index contributed by atoms with van der Waals surface area (Å²) in [5.74, 6) is 22.9. The number of aliphatic carboxylic acids is 1. The lowest BCUT2D eigenvalue weighted by atomic mass is 10.2. The van der Waals surface area contributed by atoms with Gasteiger partial charge in [0.05, 0.1) is 19.3 Å². The van der Waals surface area contributed by atoms with Crippen molar-refractivity contribution in [3.05, 3.63) is 0 Å². The molecule has 0 aliphatic carbocycles. The molecule has 0 radical (unpaired) electrons. The van der Waals surface area contributed by atoms with Crippen LogP contribution in [0, 0.1) is 47.4 Å². The second-order valence-corrected chi connectivity index (χ2v) is 4.30. The van der Waals surface area contributed by atoms with Crippen LogP contribution in [-0.4, -0.2) is 11.1 Å². The molecule has 0 saturated heterocycles. The van der Waals surface area contributed by atoms with Crippen molar-refractivity contribution in [3.8, 4) is 47.4 Å². The Balaban J connectivity index is 3.59. The third kappa shape index (κ3) is 17.7. The van der Waals surface area contributed by atoms with Gasteiger partial charge in [-0.3, -0.25) is 4.79 Å². The van der Waals surface area contributed by atoms with Crippen LogP contribution in [0.2, 0.25) is 0 Å². The zero-order valence-corrected chi connectivity index (χ0v) is 12.7. The zero-order chi connectivity index (χ0) is 15.6. The van der Waals surface area contributed by atoms with Crippen LogP contribution in [-0.2, 0) is 4.79 Å². The molecule has 0 aromatic rings. The van der Waals surface area contributed by atoms with Crippen LogP contribution in [0.25, 0.3) is 0 Å². The Morgan fingerprint density at radius 1 is 0.762 bits per heavy atom. The summed E-state index contributed by atoms with van der Waals surface area (Å²) < 4.78 is 0. The van der Waals surface area contributed by atoms with Crippen molar-refractivity contribution < 1.29 is 9.90 Å². The number of carbonyl (C=O) groups is 1. The van der Waals surface area contributed by atoms with Crippen LogP contribution >= 0.6 is 0 Å². The Morgan fingerprint density at radius 2 is 1.19 bits per heavy atom. The monoisotopic (exact) mass is 282 g/mol. The van der Waals surface area contributed by atoms with Gasteiger partial charge >= 0.3 is 5.97 Å². The lowest BCUT2D eigenvalue weighted by Gasteiger charge is -1.86. The van der Waals surface area contributed by atoms with Gasteiger partial charge in [0, 0.05) is 19.3 Å². The molecule has 0 saturated carbocycles. The summed E-state index contributed by atoms with van der Waals surface area (Å²) in [7, 11) is 0. The number of carboxylic acid groups (broad SMARTS) is 1. The molecule has 0 bridgehead atoms. The summed E-state index contributed by atoms with van der Waals surface area (Å²) >= 11 is 0. The number of hydrogen-bond acceptors (Lipinski definition) is 1. The van der Waals surface area contributed by atoms with Gasteiger partial charge in [0.25, 0.3) is 0 Å². The SMILES string of the molecule is CCCCC#CCC#CCC#CCC#CCCCC(=O)O. The standard InChI is InChI=1S/C19H22O2/c1-2-3-4-5-6-7-8-9-10-11-12-13-14-15-16-17-18-19(20)21/h2-4,7,10,13,16-18H2,1H3,(H,20,21). The molecule has 0 fully saturated rings. The van der Waals surface area contributed by atoms with Crippen molar-refractivity contribution in [3.63, 3.8) is 0 Å². The molecule has 2 heteroatoms. The first-order valence-corrected chi connectivity index (χ1v) is 7.32. The average molecular weight is 282 g/mol. The van der Waals surface area contributed by atoms with Crippen LogP contribution in [0.3, 0.4) is 0 Å². The molecule has 0 aromatic heterocycles. The van der Waals surface area contributed by atoms with Gasteiger partial charge < -0.3 is 5.11 Å². The van der Waals surface area contributed by atoms with E-state index in [0.717, 1.165) is 12.8 Å². The van der Waals surface area contributed by atoms with Crippen molar-refractivity contribution in [2.45, 2.75) is 64.7 Å². The Morgan fingerprint density at radius 3 is 1.62 bits per heavy atom. The minimum absolute atomic E-state index is 0.178. The molecule has 0 aromatic carbocycles. The largest absolute Gasteiger partial charge is 0.481 e. The fraction of sp³-hybridized carbons (Fsp3) is 0.526. The van der Waals surface area contributed by atoms with Gasteiger partial charge in [-0.2, -0.15) is 0 Å². The van der Waals surface area contributed by atoms with E-state index in [-0.39, 0.29) is 6.42 Å². The molecule has 0 amide bonds. The molecule has 110 valence electrons. The first-order valence-electron chi connectivity index (χ1n) is 7.32. The third-order valence-electron chi connectivity index (χ3n) is 2.38. The highest BCUT2D eigenvalue weighted by Gasteiger charge is 1.92. The Kier molecular flexibility index (Phi) is 14.0. The van der Waals surface area contributed by atoms with Crippen molar-refractivity contribution in [1.29, 1.82) is 0 Å². The lowest BCUT2D eigenvalue weighted by molar-refractivity contribution is -0.137.